The number of carbonyl (C=O) groups excluding carboxylic acids is 1. The van der Waals surface area contributed by atoms with Gasteiger partial charge in [-0.05, 0) is 68.4 Å². The number of carbonyl (C=O) groups is 1. The molecule has 1 aromatic heterocycles. The molecule has 3 rings (SSSR count). The molecule has 10 heteroatoms. The first-order valence-electron chi connectivity index (χ1n) is 9.31. The van der Waals surface area contributed by atoms with E-state index in [1.54, 1.807) is 51.3 Å². The summed E-state index contributed by atoms with van der Waals surface area (Å²) in [6, 6.07) is 14.3. The summed E-state index contributed by atoms with van der Waals surface area (Å²) in [4.78, 5) is 20.3. The number of sulfonamides is 1. The summed E-state index contributed by atoms with van der Waals surface area (Å²) in [7, 11) is -2.30. The molecule has 0 bridgehead atoms. The Bertz CT molecular complexity index is 1150. The van der Waals surface area contributed by atoms with Gasteiger partial charge in [0.1, 0.15) is 11.5 Å². The predicted octanol–water partition coefficient (Wildman–Crippen LogP) is 3.00. The van der Waals surface area contributed by atoms with Crippen LogP contribution in [0, 0.1) is 6.92 Å². The molecular weight excluding hydrogens is 420 g/mol. The maximum absolute atomic E-state index is 12.5. The minimum absolute atomic E-state index is 0.0121. The van der Waals surface area contributed by atoms with Gasteiger partial charge in [0.15, 0.2) is 6.10 Å². The molecule has 1 heterocycles. The first-order chi connectivity index (χ1) is 14.8. The van der Waals surface area contributed by atoms with Gasteiger partial charge in [-0.2, -0.15) is 0 Å². The number of anilines is 2. The van der Waals surface area contributed by atoms with Gasteiger partial charge in [0, 0.05) is 17.6 Å². The van der Waals surface area contributed by atoms with Crippen LogP contribution in [0.25, 0.3) is 0 Å². The molecule has 0 fully saturated rings. The number of nitrogens with zero attached hydrogens (tertiary/aromatic N) is 2. The first-order valence-corrected chi connectivity index (χ1v) is 10.8. The fraction of sp³-hybridized carbons (Fsp3) is 0.190. The number of benzene rings is 2. The lowest BCUT2D eigenvalue weighted by molar-refractivity contribution is -0.122. The zero-order valence-corrected chi connectivity index (χ0v) is 18.0. The molecule has 0 radical (unpaired) electrons. The number of ether oxygens (including phenoxy) is 2. The van der Waals surface area contributed by atoms with Gasteiger partial charge in [0.05, 0.1) is 12.0 Å². The van der Waals surface area contributed by atoms with Crippen molar-refractivity contribution in [3.8, 4) is 11.5 Å². The highest BCUT2D eigenvalue weighted by atomic mass is 32.2. The molecule has 1 atom stereocenters. The van der Waals surface area contributed by atoms with Crippen LogP contribution in [-0.2, 0) is 14.8 Å². The Hall–Kier alpha value is -3.66. The molecule has 0 unspecified atom stereocenters. The van der Waals surface area contributed by atoms with E-state index in [4.69, 9.17) is 9.47 Å². The summed E-state index contributed by atoms with van der Waals surface area (Å²) in [6.07, 6.45) is 0.700. The van der Waals surface area contributed by atoms with Crippen LogP contribution >= 0.6 is 0 Å². The van der Waals surface area contributed by atoms with Crippen molar-refractivity contribution < 1.29 is 22.7 Å². The third-order valence-electron chi connectivity index (χ3n) is 4.19. The van der Waals surface area contributed by atoms with Crippen LogP contribution < -0.4 is 19.5 Å². The number of aryl methyl sites for hydroxylation is 1. The van der Waals surface area contributed by atoms with Crippen LogP contribution in [-0.4, -0.2) is 37.5 Å². The van der Waals surface area contributed by atoms with Gasteiger partial charge < -0.3 is 14.8 Å². The molecule has 1 amide bonds. The van der Waals surface area contributed by atoms with Crippen molar-refractivity contribution in [2.75, 3.05) is 17.1 Å². The number of rotatable bonds is 8. The van der Waals surface area contributed by atoms with Crippen LogP contribution in [0.3, 0.4) is 0 Å². The van der Waals surface area contributed by atoms with Gasteiger partial charge in [-0.15, -0.1) is 0 Å². The Balaban J connectivity index is 1.61. The lowest BCUT2D eigenvalue weighted by Gasteiger charge is -2.15. The molecule has 0 aliphatic rings. The number of amides is 1. The zero-order chi connectivity index (χ0) is 22.4. The first kappa shape index (κ1) is 22.0. The summed E-state index contributed by atoms with van der Waals surface area (Å²) in [6.45, 7) is 3.35. The molecule has 9 nitrogen and oxygen atoms in total. The predicted molar refractivity (Wildman–Crippen MR) is 116 cm³/mol. The van der Waals surface area contributed by atoms with E-state index in [0.717, 1.165) is 0 Å². The minimum Gasteiger partial charge on any atom is -0.497 e. The number of hydrogen-bond donors (Lipinski definition) is 2. The van der Waals surface area contributed by atoms with E-state index >= 15 is 0 Å². The number of methoxy groups -OCH3 is 1. The van der Waals surface area contributed by atoms with E-state index in [1.807, 2.05) is 0 Å². The average Bonchev–Trinajstić information content (AvgIpc) is 2.74. The van der Waals surface area contributed by atoms with Crippen molar-refractivity contribution in [3.63, 3.8) is 0 Å². The van der Waals surface area contributed by atoms with Gasteiger partial charge in [-0.3, -0.25) is 4.79 Å². The van der Waals surface area contributed by atoms with E-state index in [9.17, 15) is 13.2 Å². The van der Waals surface area contributed by atoms with E-state index in [1.165, 1.54) is 30.5 Å². The third-order valence-corrected chi connectivity index (χ3v) is 5.54. The lowest BCUT2D eigenvalue weighted by Crippen LogP contribution is -2.30. The molecule has 162 valence electrons. The minimum atomic E-state index is -3.86. The van der Waals surface area contributed by atoms with Crippen molar-refractivity contribution in [3.05, 3.63) is 66.5 Å². The highest BCUT2D eigenvalue weighted by molar-refractivity contribution is 7.92. The Morgan fingerprint density at radius 1 is 1.00 bits per heavy atom. The van der Waals surface area contributed by atoms with Crippen LogP contribution in [0.2, 0.25) is 0 Å². The topological polar surface area (TPSA) is 120 Å². The van der Waals surface area contributed by atoms with Gasteiger partial charge in [-0.1, -0.05) is 0 Å². The van der Waals surface area contributed by atoms with Gasteiger partial charge in [-0.25, -0.2) is 23.1 Å². The number of aromatic nitrogens is 2. The molecular formula is C21H22N4O5S. The smallest absolute Gasteiger partial charge is 0.265 e. The molecule has 0 saturated carbocycles. The lowest BCUT2D eigenvalue weighted by atomic mass is 10.3. The van der Waals surface area contributed by atoms with Crippen LogP contribution in [0.5, 0.6) is 11.5 Å². The monoisotopic (exact) mass is 442 g/mol. The molecule has 2 aromatic carbocycles. The van der Waals surface area contributed by atoms with Gasteiger partial charge in [0.25, 0.3) is 15.9 Å². The largest absolute Gasteiger partial charge is 0.497 e. The van der Waals surface area contributed by atoms with Crippen molar-refractivity contribution >= 4 is 27.6 Å². The Labute approximate surface area is 180 Å². The van der Waals surface area contributed by atoms with Crippen LogP contribution in [0.15, 0.2) is 65.7 Å². The number of nitrogens with one attached hydrogen (secondary N) is 2. The molecule has 2 N–H and O–H groups in total. The second-order valence-corrected chi connectivity index (χ2v) is 8.26. The Morgan fingerprint density at radius 2 is 1.65 bits per heavy atom. The zero-order valence-electron chi connectivity index (χ0n) is 17.2. The van der Waals surface area contributed by atoms with Crippen molar-refractivity contribution in [2.24, 2.45) is 0 Å². The molecule has 0 spiro atoms. The van der Waals surface area contributed by atoms with Gasteiger partial charge >= 0.3 is 0 Å². The second kappa shape index (κ2) is 9.43. The maximum atomic E-state index is 12.5. The van der Waals surface area contributed by atoms with Crippen LogP contribution in [0.1, 0.15) is 12.6 Å². The Kier molecular flexibility index (Phi) is 6.71. The van der Waals surface area contributed by atoms with E-state index in [-0.39, 0.29) is 16.8 Å². The Morgan fingerprint density at radius 3 is 2.26 bits per heavy atom. The van der Waals surface area contributed by atoms with E-state index in [0.29, 0.717) is 22.9 Å². The standard InChI is InChI=1S/C21H22N4O5S/c1-14-12-13-22-21(23-14)25-31(27,28)19-10-4-16(5-11-19)24-20(26)15(2)30-18-8-6-17(29-3)7-9-18/h4-13,15H,1-3H3,(H,24,26)(H,22,23,25)/t15-/m1/s1. The quantitative estimate of drug-likeness (QED) is 0.550. The molecule has 0 aliphatic carbocycles. The summed E-state index contributed by atoms with van der Waals surface area (Å²) < 4.78 is 38.0. The fourth-order valence-corrected chi connectivity index (χ4v) is 3.50. The maximum Gasteiger partial charge on any atom is 0.265 e. The molecule has 3 aromatic rings. The average molecular weight is 442 g/mol. The molecule has 0 aliphatic heterocycles. The van der Waals surface area contributed by atoms with Gasteiger partial charge in [0.2, 0.25) is 5.95 Å². The summed E-state index contributed by atoms with van der Waals surface area (Å²) in [5.41, 5.74) is 1.07. The summed E-state index contributed by atoms with van der Waals surface area (Å²) in [5.74, 6) is 0.817. The third kappa shape index (κ3) is 5.92. The van der Waals surface area contributed by atoms with Crippen LogP contribution in [0.4, 0.5) is 11.6 Å². The molecule has 31 heavy (non-hydrogen) atoms. The van der Waals surface area contributed by atoms with Crippen molar-refractivity contribution in [1.29, 1.82) is 0 Å². The van der Waals surface area contributed by atoms with Crippen molar-refractivity contribution in [1.82, 2.24) is 9.97 Å². The summed E-state index contributed by atoms with van der Waals surface area (Å²) in [5, 5.41) is 2.69. The highest BCUT2D eigenvalue weighted by Gasteiger charge is 2.18. The number of hydrogen-bond acceptors (Lipinski definition) is 7. The van der Waals surface area contributed by atoms with Crippen molar-refractivity contribution in [2.45, 2.75) is 24.8 Å². The molecule has 0 saturated heterocycles. The second-order valence-electron chi connectivity index (χ2n) is 6.58. The summed E-state index contributed by atoms with van der Waals surface area (Å²) >= 11 is 0. The highest BCUT2D eigenvalue weighted by Crippen LogP contribution is 2.20. The SMILES string of the molecule is COc1ccc(O[C@H](C)C(=O)Nc2ccc(S(=O)(=O)Nc3nccc(C)n3)cc2)cc1. The fourth-order valence-electron chi connectivity index (χ4n) is 2.55. The van der Waals surface area contributed by atoms with E-state index < -0.39 is 16.1 Å². The normalized spacial score (nSPS) is 12.0. The van der Waals surface area contributed by atoms with E-state index in [2.05, 4.69) is 20.0 Å².